The summed E-state index contributed by atoms with van der Waals surface area (Å²) in [5, 5.41) is 12.0. The molecule has 3 aromatic rings. The second-order valence-corrected chi connectivity index (χ2v) is 6.37. The van der Waals surface area contributed by atoms with Crippen molar-refractivity contribution in [2.24, 2.45) is 0 Å². The van der Waals surface area contributed by atoms with Gasteiger partial charge in [0.05, 0.1) is 18.0 Å². The van der Waals surface area contributed by atoms with Crippen molar-refractivity contribution in [2.75, 3.05) is 7.11 Å². The molecular formula is C17H16N4O2S. The van der Waals surface area contributed by atoms with Crippen molar-refractivity contribution in [3.63, 3.8) is 0 Å². The van der Waals surface area contributed by atoms with Crippen molar-refractivity contribution in [1.29, 1.82) is 0 Å². The van der Waals surface area contributed by atoms with Crippen molar-refractivity contribution in [2.45, 2.75) is 17.3 Å². The summed E-state index contributed by atoms with van der Waals surface area (Å²) in [7, 11) is 1.60. The maximum Gasteiger partial charge on any atom is 0.214 e. The first-order valence-corrected chi connectivity index (χ1v) is 8.25. The fraction of sp³-hybridized carbons (Fsp3) is 0.176. The lowest BCUT2D eigenvalue weighted by atomic mass is 10.1. The average Bonchev–Trinajstić information content (AvgIpc) is 3.10. The van der Waals surface area contributed by atoms with Crippen LogP contribution in [0.25, 0.3) is 5.69 Å². The summed E-state index contributed by atoms with van der Waals surface area (Å²) in [6.45, 7) is 1.85. The summed E-state index contributed by atoms with van der Waals surface area (Å²) in [6, 6.07) is 16.7. The van der Waals surface area contributed by atoms with E-state index in [1.807, 2.05) is 37.3 Å². The van der Waals surface area contributed by atoms with Crippen molar-refractivity contribution >= 4 is 17.5 Å². The van der Waals surface area contributed by atoms with Crippen molar-refractivity contribution < 1.29 is 9.53 Å². The predicted molar refractivity (Wildman–Crippen MR) is 91.8 cm³/mol. The van der Waals surface area contributed by atoms with E-state index < -0.39 is 0 Å². The Morgan fingerprint density at radius 2 is 1.83 bits per heavy atom. The molecule has 7 heteroatoms. The van der Waals surface area contributed by atoms with Gasteiger partial charge in [-0.3, -0.25) is 4.79 Å². The van der Waals surface area contributed by atoms with Crippen LogP contribution >= 0.6 is 11.8 Å². The minimum absolute atomic E-state index is 0.0188. The number of carbonyl (C=O) groups excluding carboxylic acids is 1. The van der Waals surface area contributed by atoms with Crippen molar-refractivity contribution in [3.8, 4) is 11.4 Å². The second-order valence-electron chi connectivity index (χ2n) is 5.06. The summed E-state index contributed by atoms with van der Waals surface area (Å²) in [6.07, 6.45) is 0. The van der Waals surface area contributed by atoms with E-state index in [9.17, 15) is 4.79 Å². The number of hydrogen-bond acceptors (Lipinski definition) is 6. The van der Waals surface area contributed by atoms with Gasteiger partial charge in [-0.2, -0.15) is 4.68 Å². The topological polar surface area (TPSA) is 69.9 Å². The van der Waals surface area contributed by atoms with E-state index in [1.54, 1.807) is 36.1 Å². The summed E-state index contributed by atoms with van der Waals surface area (Å²) in [5.74, 6) is 0.741. The van der Waals surface area contributed by atoms with Gasteiger partial charge in [0.15, 0.2) is 5.78 Å². The molecule has 2 aromatic carbocycles. The number of rotatable bonds is 6. The van der Waals surface area contributed by atoms with Gasteiger partial charge in [0.2, 0.25) is 5.16 Å². The van der Waals surface area contributed by atoms with Crippen LogP contribution in [0.2, 0.25) is 0 Å². The normalized spacial score (nSPS) is 11.9. The number of benzene rings is 2. The first kappa shape index (κ1) is 16.2. The average molecular weight is 340 g/mol. The SMILES string of the molecule is COc1ccc(C(=O)[C@H](C)Sc2nnnn2-c2ccccc2)cc1. The van der Waals surface area contributed by atoms with Gasteiger partial charge in [0.25, 0.3) is 0 Å². The first-order valence-electron chi connectivity index (χ1n) is 7.38. The lowest BCUT2D eigenvalue weighted by Crippen LogP contribution is -2.14. The molecule has 0 bridgehead atoms. The molecule has 0 fully saturated rings. The Balaban J connectivity index is 1.76. The largest absolute Gasteiger partial charge is 0.497 e. The number of Topliss-reactive ketones (excluding diaryl/α,β-unsaturated/α-hetero) is 1. The summed E-state index contributed by atoms with van der Waals surface area (Å²) in [5.41, 5.74) is 1.49. The molecule has 3 rings (SSSR count). The number of methoxy groups -OCH3 is 1. The van der Waals surface area contributed by atoms with E-state index in [0.717, 1.165) is 11.4 Å². The van der Waals surface area contributed by atoms with Crippen LogP contribution < -0.4 is 4.74 Å². The third-order valence-electron chi connectivity index (χ3n) is 3.47. The highest BCUT2D eigenvalue weighted by molar-refractivity contribution is 8.00. The van der Waals surface area contributed by atoms with Gasteiger partial charge in [-0.25, -0.2) is 0 Å². The standard InChI is InChI=1S/C17H16N4O2S/c1-12(16(22)13-8-10-15(23-2)11-9-13)24-17-18-19-20-21(17)14-6-4-3-5-7-14/h3-12H,1-2H3/t12-/m0/s1. The smallest absolute Gasteiger partial charge is 0.214 e. The molecule has 1 atom stereocenters. The maximum atomic E-state index is 12.6. The molecule has 0 saturated heterocycles. The van der Waals surface area contributed by atoms with Gasteiger partial charge in [-0.1, -0.05) is 30.0 Å². The number of ether oxygens (including phenoxy) is 1. The van der Waals surface area contributed by atoms with Crippen LogP contribution in [0.5, 0.6) is 5.75 Å². The van der Waals surface area contributed by atoms with Crippen LogP contribution in [0.3, 0.4) is 0 Å². The minimum atomic E-state index is -0.313. The van der Waals surface area contributed by atoms with E-state index in [-0.39, 0.29) is 11.0 Å². The Kier molecular flexibility index (Phi) is 4.90. The highest BCUT2D eigenvalue weighted by Gasteiger charge is 2.20. The summed E-state index contributed by atoms with van der Waals surface area (Å²) >= 11 is 1.33. The number of tetrazole rings is 1. The number of hydrogen-bond donors (Lipinski definition) is 0. The molecule has 0 aliphatic rings. The Bertz CT molecular complexity index is 818. The fourth-order valence-corrected chi connectivity index (χ4v) is 3.07. The minimum Gasteiger partial charge on any atom is -0.497 e. The lowest BCUT2D eigenvalue weighted by Gasteiger charge is -2.10. The molecule has 0 unspecified atom stereocenters. The van der Waals surface area contributed by atoms with Crippen LogP contribution in [0.15, 0.2) is 59.8 Å². The maximum absolute atomic E-state index is 12.6. The van der Waals surface area contributed by atoms with Crippen LogP contribution in [-0.2, 0) is 0 Å². The van der Waals surface area contributed by atoms with Crippen LogP contribution in [0.1, 0.15) is 17.3 Å². The molecule has 0 aliphatic heterocycles. The third kappa shape index (κ3) is 3.46. The molecule has 122 valence electrons. The zero-order chi connectivity index (χ0) is 16.9. The molecule has 0 saturated carbocycles. The fourth-order valence-electron chi connectivity index (χ4n) is 2.19. The first-order chi connectivity index (χ1) is 11.7. The molecule has 0 N–H and O–H groups in total. The Labute approximate surface area is 143 Å². The number of thioether (sulfide) groups is 1. The number of nitrogens with zero attached hydrogens (tertiary/aromatic N) is 4. The number of aromatic nitrogens is 4. The predicted octanol–water partition coefficient (Wildman–Crippen LogP) is 3.03. The van der Waals surface area contributed by atoms with Gasteiger partial charge in [0, 0.05) is 5.56 Å². The number of ketones is 1. The van der Waals surface area contributed by atoms with Gasteiger partial charge >= 0.3 is 0 Å². The third-order valence-corrected chi connectivity index (χ3v) is 4.50. The lowest BCUT2D eigenvalue weighted by molar-refractivity contribution is 0.0994. The molecule has 24 heavy (non-hydrogen) atoms. The monoisotopic (exact) mass is 340 g/mol. The highest BCUT2D eigenvalue weighted by Crippen LogP contribution is 2.25. The molecule has 1 heterocycles. The number of para-hydroxylation sites is 1. The van der Waals surface area contributed by atoms with Crippen molar-refractivity contribution in [1.82, 2.24) is 20.2 Å². The van der Waals surface area contributed by atoms with Crippen LogP contribution in [-0.4, -0.2) is 38.4 Å². The van der Waals surface area contributed by atoms with E-state index >= 15 is 0 Å². The zero-order valence-corrected chi connectivity index (χ0v) is 14.1. The molecule has 0 amide bonds. The Morgan fingerprint density at radius 1 is 1.12 bits per heavy atom. The molecule has 0 spiro atoms. The van der Waals surface area contributed by atoms with Gasteiger partial charge in [0.1, 0.15) is 5.75 Å². The van der Waals surface area contributed by atoms with E-state index in [2.05, 4.69) is 15.5 Å². The van der Waals surface area contributed by atoms with Crippen LogP contribution in [0.4, 0.5) is 0 Å². The van der Waals surface area contributed by atoms with E-state index in [0.29, 0.717) is 10.7 Å². The second kappa shape index (κ2) is 7.27. The summed E-state index contributed by atoms with van der Waals surface area (Å²) in [4.78, 5) is 12.6. The highest BCUT2D eigenvalue weighted by atomic mass is 32.2. The Hall–Kier alpha value is -2.67. The Morgan fingerprint density at radius 3 is 2.50 bits per heavy atom. The molecule has 1 aromatic heterocycles. The molecule has 0 radical (unpaired) electrons. The zero-order valence-electron chi connectivity index (χ0n) is 13.3. The van der Waals surface area contributed by atoms with Crippen molar-refractivity contribution in [3.05, 3.63) is 60.2 Å². The van der Waals surface area contributed by atoms with Gasteiger partial charge < -0.3 is 4.74 Å². The molecular weight excluding hydrogens is 324 g/mol. The van der Waals surface area contributed by atoms with Gasteiger partial charge in [-0.05, 0) is 53.7 Å². The van der Waals surface area contributed by atoms with E-state index in [4.69, 9.17) is 4.74 Å². The summed E-state index contributed by atoms with van der Waals surface area (Å²) < 4.78 is 6.74. The molecule has 6 nitrogen and oxygen atoms in total. The quantitative estimate of drug-likeness (QED) is 0.507. The van der Waals surface area contributed by atoms with E-state index in [1.165, 1.54) is 11.8 Å². The molecule has 0 aliphatic carbocycles. The van der Waals surface area contributed by atoms with Crippen LogP contribution in [0, 0.1) is 0 Å². The van der Waals surface area contributed by atoms with Gasteiger partial charge in [-0.15, -0.1) is 5.10 Å². The number of carbonyl (C=O) groups is 1.